The number of hydrogen-bond donors (Lipinski definition) is 1. The van der Waals surface area contributed by atoms with Gasteiger partial charge in [-0.05, 0) is 50.1 Å². The molecule has 1 unspecified atom stereocenters. The van der Waals surface area contributed by atoms with Crippen molar-refractivity contribution in [2.75, 3.05) is 0 Å². The Bertz CT molecular complexity index is 862. The van der Waals surface area contributed by atoms with Gasteiger partial charge in [-0.25, -0.2) is 0 Å². The molecule has 1 aromatic heterocycles. The summed E-state index contributed by atoms with van der Waals surface area (Å²) in [6, 6.07) is 8.56. The molecule has 0 saturated carbocycles. The number of amides is 1. The Morgan fingerprint density at radius 3 is 2.25 bits per heavy atom. The maximum absolute atomic E-state index is 13.1. The topological polar surface area (TPSA) is 82.3 Å². The van der Waals surface area contributed by atoms with Gasteiger partial charge >= 0.3 is 6.18 Å². The van der Waals surface area contributed by atoms with Crippen LogP contribution in [0, 0.1) is 6.92 Å². The highest BCUT2D eigenvalue weighted by atomic mass is 19.4. The summed E-state index contributed by atoms with van der Waals surface area (Å²) in [7, 11) is 0. The molecule has 0 bridgehead atoms. The highest BCUT2D eigenvalue weighted by Crippen LogP contribution is 2.40. The molecule has 0 saturated heterocycles. The number of aryl methyl sites for hydroxylation is 1. The summed E-state index contributed by atoms with van der Waals surface area (Å²) in [4.78, 5) is 28.1. The number of rotatable bonds is 7. The Balaban J connectivity index is 2.16. The average Bonchev–Trinajstić information content (AvgIpc) is 2.60. The van der Waals surface area contributed by atoms with E-state index in [0.717, 1.165) is 13.8 Å². The van der Waals surface area contributed by atoms with Crippen molar-refractivity contribution < 1.29 is 27.5 Å². The van der Waals surface area contributed by atoms with Crippen molar-refractivity contribution in [1.82, 2.24) is 4.98 Å². The number of ketones is 1. The third-order valence-corrected chi connectivity index (χ3v) is 4.52. The monoisotopic (exact) mass is 394 g/mol. The van der Waals surface area contributed by atoms with Crippen molar-refractivity contribution in [3.63, 3.8) is 0 Å². The summed E-state index contributed by atoms with van der Waals surface area (Å²) in [5.41, 5.74) is 4.18. The molecule has 1 heterocycles. The summed E-state index contributed by atoms with van der Waals surface area (Å²) in [5.74, 6) is -1.14. The highest BCUT2D eigenvalue weighted by molar-refractivity contribution is 5.98. The van der Waals surface area contributed by atoms with Crippen molar-refractivity contribution in [2.45, 2.75) is 44.9 Å². The molecule has 2 rings (SSSR count). The van der Waals surface area contributed by atoms with Gasteiger partial charge < -0.3 is 10.5 Å². The van der Waals surface area contributed by atoms with Gasteiger partial charge in [-0.2, -0.15) is 13.2 Å². The van der Waals surface area contributed by atoms with E-state index in [4.69, 9.17) is 10.5 Å². The molecule has 8 heteroatoms. The lowest BCUT2D eigenvalue weighted by Crippen LogP contribution is -2.37. The van der Waals surface area contributed by atoms with Crippen LogP contribution in [0.2, 0.25) is 0 Å². The molecule has 0 aliphatic heterocycles. The first-order valence-corrected chi connectivity index (χ1v) is 8.51. The van der Waals surface area contributed by atoms with Crippen LogP contribution < -0.4 is 10.5 Å². The maximum Gasteiger partial charge on any atom is 0.397 e. The van der Waals surface area contributed by atoms with E-state index in [-0.39, 0.29) is 23.4 Å². The lowest BCUT2D eigenvalue weighted by atomic mass is 9.84. The number of halogens is 3. The number of nitrogens with two attached hydrogens (primary N) is 1. The molecule has 1 aromatic carbocycles. The van der Waals surface area contributed by atoms with Crippen molar-refractivity contribution in [2.24, 2.45) is 5.73 Å². The number of benzene rings is 1. The zero-order chi connectivity index (χ0) is 21.1. The van der Waals surface area contributed by atoms with Crippen molar-refractivity contribution in [3.05, 3.63) is 59.4 Å². The molecule has 28 heavy (non-hydrogen) atoms. The van der Waals surface area contributed by atoms with Gasteiger partial charge in [-0.3, -0.25) is 14.6 Å². The minimum atomic E-state index is -4.42. The number of Topliss-reactive ketones (excluding diaryl/α,β-unsaturated/α-hetero) is 1. The Morgan fingerprint density at radius 1 is 1.14 bits per heavy atom. The number of hydrogen-bond acceptors (Lipinski definition) is 4. The summed E-state index contributed by atoms with van der Waals surface area (Å²) in [6.45, 7) is 3.85. The summed E-state index contributed by atoms with van der Waals surface area (Å²) in [5, 5.41) is 0. The van der Waals surface area contributed by atoms with Gasteiger partial charge in [0.2, 0.25) is 0 Å². The molecular weight excluding hydrogens is 373 g/mol. The first-order valence-electron chi connectivity index (χ1n) is 8.51. The standard InChI is InChI=1S/C20H21F3N2O3/c1-12-5-4-10-25-17(12)15(26)11-16(18(24)27)28-14-8-6-13(7-9-14)19(2,3)20(21,22)23/h4-10,16H,11H2,1-3H3,(H2,24,27). The molecular formula is C20H21F3N2O3. The van der Waals surface area contributed by atoms with Crippen LogP contribution in [0.4, 0.5) is 13.2 Å². The van der Waals surface area contributed by atoms with Gasteiger partial charge in [-0.15, -0.1) is 0 Å². The van der Waals surface area contributed by atoms with Crippen LogP contribution in [-0.4, -0.2) is 29.0 Å². The van der Waals surface area contributed by atoms with Crippen molar-refractivity contribution in [3.8, 4) is 5.75 Å². The van der Waals surface area contributed by atoms with E-state index in [1.165, 1.54) is 30.5 Å². The van der Waals surface area contributed by atoms with Gasteiger partial charge in [-0.1, -0.05) is 18.2 Å². The van der Waals surface area contributed by atoms with Crippen LogP contribution in [0.1, 0.15) is 41.9 Å². The first-order chi connectivity index (χ1) is 12.9. The molecule has 150 valence electrons. The van der Waals surface area contributed by atoms with Gasteiger partial charge in [0.05, 0.1) is 11.8 Å². The zero-order valence-electron chi connectivity index (χ0n) is 15.7. The Kier molecular flexibility index (Phi) is 6.11. The second-order valence-corrected chi connectivity index (χ2v) is 6.95. The minimum absolute atomic E-state index is 0.0446. The van der Waals surface area contributed by atoms with E-state index >= 15 is 0 Å². The van der Waals surface area contributed by atoms with E-state index in [2.05, 4.69) is 4.98 Å². The molecule has 0 radical (unpaired) electrons. The number of alkyl halides is 3. The first kappa shape index (κ1) is 21.4. The van der Waals surface area contributed by atoms with Gasteiger partial charge in [0, 0.05) is 6.20 Å². The molecule has 2 N–H and O–H groups in total. The van der Waals surface area contributed by atoms with Crippen LogP contribution >= 0.6 is 0 Å². The molecule has 0 aliphatic rings. The number of aromatic nitrogens is 1. The normalized spacial score (nSPS) is 13.1. The van der Waals surface area contributed by atoms with E-state index in [0.29, 0.717) is 5.56 Å². The number of nitrogens with zero attached hydrogens (tertiary/aromatic N) is 1. The van der Waals surface area contributed by atoms with E-state index in [1.807, 2.05) is 0 Å². The minimum Gasteiger partial charge on any atom is -0.480 e. The van der Waals surface area contributed by atoms with Crippen LogP contribution in [0.15, 0.2) is 42.6 Å². The molecule has 2 aromatic rings. The van der Waals surface area contributed by atoms with Crippen LogP contribution in [0.25, 0.3) is 0 Å². The average molecular weight is 394 g/mol. The number of ether oxygens (including phenoxy) is 1. The van der Waals surface area contributed by atoms with Gasteiger partial charge in [0.25, 0.3) is 5.91 Å². The van der Waals surface area contributed by atoms with E-state index in [9.17, 15) is 22.8 Å². The van der Waals surface area contributed by atoms with Crippen LogP contribution in [0.3, 0.4) is 0 Å². The molecule has 0 fully saturated rings. The summed E-state index contributed by atoms with van der Waals surface area (Å²) >= 11 is 0. The molecule has 1 atom stereocenters. The third kappa shape index (κ3) is 4.68. The number of carbonyl (C=O) groups is 2. The smallest absolute Gasteiger partial charge is 0.397 e. The number of primary amides is 1. The number of carbonyl (C=O) groups excluding carboxylic acids is 2. The fourth-order valence-corrected chi connectivity index (χ4v) is 2.52. The van der Waals surface area contributed by atoms with Gasteiger partial charge in [0.1, 0.15) is 11.4 Å². The second kappa shape index (κ2) is 8.00. The lowest BCUT2D eigenvalue weighted by molar-refractivity contribution is -0.180. The molecule has 5 nitrogen and oxygen atoms in total. The summed E-state index contributed by atoms with van der Waals surface area (Å²) < 4.78 is 44.9. The predicted molar refractivity (Wildman–Crippen MR) is 97.1 cm³/mol. The lowest BCUT2D eigenvalue weighted by Gasteiger charge is -2.28. The number of pyridine rings is 1. The molecule has 1 amide bonds. The van der Waals surface area contributed by atoms with Crippen molar-refractivity contribution >= 4 is 11.7 Å². The molecule has 0 aliphatic carbocycles. The van der Waals surface area contributed by atoms with Crippen LogP contribution in [0.5, 0.6) is 5.75 Å². The van der Waals surface area contributed by atoms with Gasteiger partial charge in [0.15, 0.2) is 11.9 Å². The molecule has 0 spiro atoms. The second-order valence-electron chi connectivity index (χ2n) is 6.95. The van der Waals surface area contributed by atoms with Crippen LogP contribution in [-0.2, 0) is 10.2 Å². The maximum atomic E-state index is 13.1. The quantitative estimate of drug-likeness (QED) is 0.726. The highest BCUT2D eigenvalue weighted by Gasteiger charge is 2.48. The van der Waals surface area contributed by atoms with Crippen molar-refractivity contribution in [1.29, 1.82) is 0 Å². The Morgan fingerprint density at radius 2 is 1.75 bits per heavy atom. The fraction of sp³-hybridized carbons (Fsp3) is 0.350. The Labute approximate surface area is 160 Å². The SMILES string of the molecule is Cc1cccnc1C(=O)CC(Oc1ccc(C(C)(C)C(F)(F)F)cc1)C(N)=O. The third-order valence-electron chi connectivity index (χ3n) is 4.52. The largest absolute Gasteiger partial charge is 0.480 e. The predicted octanol–water partition coefficient (Wildman–Crippen LogP) is 3.74. The van der Waals surface area contributed by atoms with E-state index in [1.54, 1.807) is 19.1 Å². The van der Waals surface area contributed by atoms with E-state index < -0.39 is 29.4 Å². The fourth-order valence-electron chi connectivity index (χ4n) is 2.52. The Hall–Kier alpha value is -2.90. The zero-order valence-corrected chi connectivity index (χ0v) is 15.7. The summed E-state index contributed by atoms with van der Waals surface area (Å²) in [6.07, 6.45) is -4.56.